The van der Waals surface area contributed by atoms with E-state index in [0.29, 0.717) is 15.4 Å². The van der Waals surface area contributed by atoms with E-state index in [2.05, 4.69) is 25.6 Å². The molecule has 1 aliphatic rings. The number of rotatable bonds is 5. The van der Waals surface area contributed by atoms with Crippen molar-refractivity contribution in [2.45, 2.75) is 25.8 Å². The van der Waals surface area contributed by atoms with Crippen molar-refractivity contribution < 1.29 is 8.42 Å². The molecule has 1 aliphatic carbocycles. The molecule has 0 radical (unpaired) electrons. The summed E-state index contributed by atoms with van der Waals surface area (Å²) in [5, 5.41) is 0.528. The number of nitrogens with zero attached hydrogens (tertiary/aromatic N) is 1. The van der Waals surface area contributed by atoms with Crippen LogP contribution >= 0.6 is 27.5 Å². The Bertz CT molecular complexity index is 546. The van der Waals surface area contributed by atoms with Crippen molar-refractivity contribution in [2.75, 3.05) is 5.75 Å². The maximum absolute atomic E-state index is 11.7. The number of sulfonamides is 1. The molecule has 0 amide bonds. The van der Waals surface area contributed by atoms with E-state index in [9.17, 15) is 8.42 Å². The monoisotopic (exact) mass is 352 g/mol. The van der Waals surface area contributed by atoms with E-state index < -0.39 is 10.0 Å². The van der Waals surface area contributed by atoms with Crippen molar-refractivity contribution in [1.29, 1.82) is 0 Å². The first-order valence-electron chi connectivity index (χ1n) is 5.73. The second-order valence-corrected chi connectivity index (χ2v) is 7.64. The van der Waals surface area contributed by atoms with E-state index in [1.165, 1.54) is 0 Å². The van der Waals surface area contributed by atoms with Crippen LogP contribution in [0, 0.1) is 5.92 Å². The topological polar surface area (TPSA) is 59.1 Å². The highest BCUT2D eigenvalue weighted by molar-refractivity contribution is 9.10. The molecule has 1 saturated carbocycles. The van der Waals surface area contributed by atoms with E-state index in [0.717, 1.165) is 18.4 Å². The van der Waals surface area contributed by atoms with Gasteiger partial charge in [-0.05, 0) is 41.6 Å². The summed E-state index contributed by atoms with van der Waals surface area (Å²) in [6.07, 6.45) is 5.26. The highest BCUT2D eigenvalue weighted by Gasteiger charge is 2.36. The van der Waals surface area contributed by atoms with Gasteiger partial charge in [-0.15, -0.1) is 0 Å². The predicted molar refractivity (Wildman–Crippen MR) is 75.0 cm³/mol. The second kappa shape index (κ2) is 5.45. The number of pyridine rings is 1. The lowest BCUT2D eigenvalue weighted by Gasteiger charge is -2.19. The summed E-state index contributed by atoms with van der Waals surface area (Å²) in [4.78, 5) is 4.07. The zero-order valence-electron chi connectivity index (χ0n) is 9.86. The van der Waals surface area contributed by atoms with Crippen LogP contribution in [0.25, 0.3) is 0 Å². The number of hydrogen-bond acceptors (Lipinski definition) is 3. The first-order chi connectivity index (χ1) is 8.44. The lowest BCUT2D eigenvalue weighted by atomic mass is 10.1. The van der Waals surface area contributed by atoms with Gasteiger partial charge >= 0.3 is 0 Å². The smallest absolute Gasteiger partial charge is 0.211 e. The van der Waals surface area contributed by atoms with Crippen molar-refractivity contribution >= 4 is 37.6 Å². The summed E-state index contributed by atoms with van der Waals surface area (Å²) in [6, 6.07) is -0.271. The van der Waals surface area contributed by atoms with Gasteiger partial charge in [-0.25, -0.2) is 13.1 Å². The van der Waals surface area contributed by atoms with Crippen LogP contribution < -0.4 is 4.72 Å². The van der Waals surface area contributed by atoms with Crippen LogP contribution in [0.3, 0.4) is 0 Å². The molecule has 0 aromatic carbocycles. The van der Waals surface area contributed by atoms with Gasteiger partial charge < -0.3 is 0 Å². The molecule has 1 aromatic heterocycles. The molecule has 7 heteroatoms. The van der Waals surface area contributed by atoms with Gasteiger partial charge in [0.15, 0.2) is 0 Å². The van der Waals surface area contributed by atoms with E-state index in [-0.39, 0.29) is 11.8 Å². The lowest BCUT2D eigenvalue weighted by Crippen LogP contribution is -2.31. The van der Waals surface area contributed by atoms with Gasteiger partial charge in [-0.2, -0.15) is 0 Å². The minimum absolute atomic E-state index is 0.0648. The minimum Gasteiger partial charge on any atom is -0.263 e. The fourth-order valence-corrected chi connectivity index (χ4v) is 3.21. The van der Waals surface area contributed by atoms with Gasteiger partial charge in [0.1, 0.15) is 0 Å². The number of aromatic nitrogens is 1. The molecule has 1 unspecified atom stereocenters. The molecule has 100 valence electrons. The molecule has 0 aliphatic heterocycles. The number of halogens is 2. The molecule has 1 atom stereocenters. The lowest BCUT2D eigenvalue weighted by molar-refractivity contribution is 0.529. The average Bonchev–Trinajstić information content (AvgIpc) is 3.14. The highest BCUT2D eigenvalue weighted by Crippen LogP contribution is 2.44. The summed E-state index contributed by atoms with van der Waals surface area (Å²) < 4.78 is 26.8. The molecular formula is C11H14BrClN2O2S. The molecule has 1 fully saturated rings. The Balaban J connectivity index is 2.33. The van der Waals surface area contributed by atoms with Crippen LogP contribution in [-0.2, 0) is 10.0 Å². The van der Waals surface area contributed by atoms with Crippen LogP contribution in [0.5, 0.6) is 0 Å². The molecule has 1 N–H and O–H groups in total. The third kappa shape index (κ3) is 3.23. The zero-order chi connectivity index (χ0) is 13.3. The Morgan fingerprint density at radius 3 is 2.78 bits per heavy atom. The Kier molecular flexibility index (Phi) is 4.31. The standard InChI is InChI=1S/C11H14BrClN2O2S/c1-2-18(16,17)15-11(7-3-4-7)8-5-14-6-9(12)10(8)13/h5-7,11,15H,2-4H2,1H3. The maximum atomic E-state index is 11.7. The maximum Gasteiger partial charge on any atom is 0.211 e. The normalized spacial score (nSPS) is 17.7. The molecule has 2 rings (SSSR count). The second-order valence-electron chi connectivity index (χ2n) is 4.36. The minimum atomic E-state index is -3.25. The molecule has 1 heterocycles. The Labute approximate surface area is 120 Å². The van der Waals surface area contributed by atoms with E-state index >= 15 is 0 Å². The highest BCUT2D eigenvalue weighted by atomic mass is 79.9. The van der Waals surface area contributed by atoms with Crippen molar-refractivity contribution in [1.82, 2.24) is 9.71 Å². The Morgan fingerprint density at radius 1 is 1.56 bits per heavy atom. The number of nitrogens with one attached hydrogen (secondary N) is 1. The summed E-state index contributed by atoms with van der Waals surface area (Å²) in [6.45, 7) is 1.62. The van der Waals surface area contributed by atoms with E-state index in [1.54, 1.807) is 19.3 Å². The van der Waals surface area contributed by atoms with Crippen molar-refractivity contribution in [3.05, 3.63) is 27.5 Å². The van der Waals surface area contributed by atoms with Crippen LogP contribution in [0.1, 0.15) is 31.4 Å². The van der Waals surface area contributed by atoms with Gasteiger partial charge in [-0.1, -0.05) is 11.6 Å². The SMILES string of the molecule is CCS(=O)(=O)NC(c1cncc(Br)c1Cl)C1CC1. The predicted octanol–water partition coefficient (Wildman–Crippen LogP) is 2.89. The Hall–Kier alpha value is -0.170. The third-order valence-electron chi connectivity index (χ3n) is 2.98. The van der Waals surface area contributed by atoms with Gasteiger partial charge in [0.05, 0.1) is 21.3 Å². The number of hydrogen-bond donors (Lipinski definition) is 1. The van der Waals surface area contributed by atoms with Gasteiger partial charge in [-0.3, -0.25) is 4.98 Å². The Morgan fingerprint density at radius 2 is 2.22 bits per heavy atom. The van der Waals surface area contributed by atoms with Crippen LogP contribution in [0.4, 0.5) is 0 Å². The van der Waals surface area contributed by atoms with Crippen LogP contribution in [-0.4, -0.2) is 19.2 Å². The summed E-state index contributed by atoms with van der Waals surface area (Å²) >= 11 is 9.52. The zero-order valence-corrected chi connectivity index (χ0v) is 13.0. The van der Waals surface area contributed by atoms with Crippen molar-refractivity contribution in [3.63, 3.8) is 0 Å². The average molecular weight is 354 g/mol. The van der Waals surface area contributed by atoms with Crippen molar-refractivity contribution in [3.8, 4) is 0 Å². The molecule has 1 aromatic rings. The quantitative estimate of drug-likeness (QED) is 0.885. The van der Waals surface area contributed by atoms with Gasteiger partial charge in [0.2, 0.25) is 10.0 Å². The molecule has 0 spiro atoms. The summed E-state index contributed by atoms with van der Waals surface area (Å²) in [5.74, 6) is 0.384. The van der Waals surface area contributed by atoms with Gasteiger partial charge in [0, 0.05) is 18.0 Å². The van der Waals surface area contributed by atoms with E-state index in [1.807, 2.05) is 0 Å². The third-order valence-corrected chi connectivity index (χ3v) is 5.60. The summed E-state index contributed by atoms with van der Waals surface area (Å²) in [5.41, 5.74) is 0.741. The first kappa shape index (κ1) is 14.2. The van der Waals surface area contributed by atoms with Gasteiger partial charge in [0.25, 0.3) is 0 Å². The van der Waals surface area contributed by atoms with Crippen LogP contribution in [0.2, 0.25) is 5.02 Å². The fraction of sp³-hybridized carbons (Fsp3) is 0.545. The molecule has 18 heavy (non-hydrogen) atoms. The molecular weight excluding hydrogens is 340 g/mol. The molecule has 4 nitrogen and oxygen atoms in total. The van der Waals surface area contributed by atoms with Crippen LogP contribution in [0.15, 0.2) is 16.9 Å². The van der Waals surface area contributed by atoms with Crippen molar-refractivity contribution in [2.24, 2.45) is 5.92 Å². The van der Waals surface area contributed by atoms with E-state index in [4.69, 9.17) is 11.6 Å². The molecule has 0 saturated heterocycles. The molecule has 0 bridgehead atoms. The fourth-order valence-electron chi connectivity index (χ4n) is 1.77. The summed E-state index contributed by atoms with van der Waals surface area (Å²) in [7, 11) is -3.25. The first-order valence-corrected chi connectivity index (χ1v) is 8.56. The largest absolute Gasteiger partial charge is 0.263 e.